The van der Waals surface area contributed by atoms with E-state index in [2.05, 4.69) is 22.1 Å². The van der Waals surface area contributed by atoms with E-state index >= 15 is 0 Å². The van der Waals surface area contributed by atoms with E-state index in [1.54, 1.807) is 0 Å². The van der Waals surface area contributed by atoms with Crippen LogP contribution in [0.5, 0.6) is 0 Å². The van der Waals surface area contributed by atoms with Gasteiger partial charge in [0, 0.05) is 32.5 Å². The molecule has 1 saturated heterocycles. The number of carbonyl (C=O) groups is 1. The second kappa shape index (κ2) is 6.76. The first-order valence-electron chi connectivity index (χ1n) is 8.28. The standard InChI is InChI=1S/C17H24N4O3/c1-11-9-14(12(2)23-11)17-19-18-15(24-17)5-6-16(22)21(4)13-7-8-20(3)10-13/h9,13H,5-8,10H2,1-4H3. The number of aryl methyl sites for hydroxylation is 3. The van der Waals surface area contributed by atoms with Crippen LogP contribution < -0.4 is 0 Å². The van der Waals surface area contributed by atoms with Crippen LogP contribution in [0.1, 0.15) is 30.3 Å². The van der Waals surface area contributed by atoms with Crippen LogP contribution in [0.25, 0.3) is 11.5 Å². The first-order valence-corrected chi connectivity index (χ1v) is 8.28. The maximum atomic E-state index is 12.3. The highest BCUT2D eigenvalue weighted by Crippen LogP contribution is 2.25. The summed E-state index contributed by atoms with van der Waals surface area (Å²) < 4.78 is 11.2. The van der Waals surface area contributed by atoms with Gasteiger partial charge in [-0.1, -0.05) is 0 Å². The van der Waals surface area contributed by atoms with E-state index in [4.69, 9.17) is 8.83 Å². The van der Waals surface area contributed by atoms with E-state index in [9.17, 15) is 4.79 Å². The summed E-state index contributed by atoms with van der Waals surface area (Å²) in [5, 5.41) is 8.11. The molecule has 0 bridgehead atoms. The van der Waals surface area contributed by atoms with E-state index in [1.165, 1.54) is 0 Å². The number of carbonyl (C=O) groups excluding carboxylic acids is 1. The number of likely N-dealkylation sites (tertiary alicyclic amines) is 1. The molecule has 2 aromatic heterocycles. The van der Waals surface area contributed by atoms with Crippen LogP contribution in [0, 0.1) is 13.8 Å². The lowest BCUT2D eigenvalue weighted by Crippen LogP contribution is -2.38. The molecule has 1 fully saturated rings. The van der Waals surface area contributed by atoms with Crippen LogP contribution in [0.3, 0.4) is 0 Å². The molecule has 1 amide bonds. The molecule has 0 saturated carbocycles. The second-order valence-electron chi connectivity index (χ2n) is 6.54. The Balaban J connectivity index is 1.57. The van der Waals surface area contributed by atoms with Crippen molar-refractivity contribution < 1.29 is 13.6 Å². The van der Waals surface area contributed by atoms with E-state index in [-0.39, 0.29) is 5.91 Å². The van der Waals surface area contributed by atoms with Crippen molar-refractivity contribution >= 4 is 5.91 Å². The number of amides is 1. The van der Waals surface area contributed by atoms with Gasteiger partial charge in [0.1, 0.15) is 11.5 Å². The molecule has 0 N–H and O–H groups in total. The predicted octanol–water partition coefficient (Wildman–Crippen LogP) is 2.04. The quantitative estimate of drug-likeness (QED) is 0.834. The molecule has 24 heavy (non-hydrogen) atoms. The molecule has 1 aliphatic rings. The van der Waals surface area contributed by atoms with Crippen LogP contribution in [-0.2, 0) is 11.2 Å². The summed E-state index contributed by atoms with van der Waals surface area (Å²) in [6, 6.07) is 2.18. The van der Waals surface area contributed by atoms with E-state index in [0.717, 1.165) is 36.6 Å². The molecular formula is C17H24N4O3. The van der Waals surface area contributed by atoms with Gasteiger partial charge in [-0.05, 0) is 39.9 Å². The molecular weight excluding hydrogens is 308 g/mol. The maximum Gasteiger partial charge on any atom is 0.251 e. The normalized spacial score (nSPS) is 18.2. The Hall–Kier alpha value is -2.15. The number of hydrogen-bond donors (Lipinski definition) is 0. The van der Waals surface area contributed by atoms with Crippen LogP contribution >= 0.6 is 0 Å². The average molecular weight is 332 g/mol. The number of hydrogen-bond acceptors (Lipinski definition) is 6. The van der Waals surface area contributed by atoms with Crippen molar-refractivity contribution in [1.82, 2.24) is 20.0 Å². The van der Waals surface area contributed by atoms with Gasteiger partial charge >= 0.3 is 0 Å². The molecule has 0 spiro atoms. The van der Waals surface area contributed by atoms with Gasteiger partial charge in [0.05, 0.1) is 5.56 Å². The van der Waals surface area contributed by atoms with Crippen molar-refractivity contribution in [1.29, 1.82) is 0 Å². The van der Waals surface area contributed by atoms with Crippen molar-refractivity contribution in [3.63, 3.8) is 0 Å². The summed E-state index contributed by atoms with van der Waals surface area (Å²) in [4.78, 5) is 16.4. The van der Waals surface area contributed by atoms with Gasteiger partial charge in [-0.3, -0.25) is 4.79 Å². The monoisotopic (exact) mass is 332 g/mol. The second-order valence-corrected chi connectivity index (χ2v) is 6.54. The Morgan fingerprint density at radius 3 is 2.79 bits per heavy atom. The van der Waals surface area contributed by atoms with Gasteiger partial charge in [0.15, 0.2) is 0 Å². The maximum absolute atomic E-state index is 12.3. The van der Waals surface area contributed by atoms with Crippen LogP contribution in [0.4, 0.5) is 0 Å². The summed E-state index contributed by atoms with van der Waals surface area (Å²) in [6.07, 6.45) is 1.86. The molecule has 0 radical (unpaired) electrons. The fourth-order valence-corrected chi connectivity index (χ4v) is 3.13. The first kappa shape index (κ1) is 16.7. The molecule has 1 atom stereocenters. The largest absolute Gasteiger partial charge is 0.466 e. The summed E-state index contributed by atoms with van der Waals surface area (Å²) in [5.74, 6) is 2.60. The Labute approximate surface area is 141 Å². The van der Waals surface area contributed by atoms with E-state index in [1.807, 2.05) is 31.9 Å². The number of aromatic nitrogens is 2. The van der Waals surface area contributed by atoms with E-state index < -0.39 is 0 Å². The lowest BCUT2D eigenvalue weighted by atomic mass is 10.2. The molecule has 0 aliphatic carbocycles. The van der Waals surface area contributed by atoms with Crippen molar-refractivity contribution in [3.05, 3.63) is 23.5 Å². The zero-order chi connectivity index (χ0) is 17.3. The summed E-state index contributed by atoms with van der Waals surface area (Å²) in [7, 11) is 3.96. The SMILES string of the molecule is Cc1cc(-c2nnc(CCC(=O)N(C)C3CCN(C)C3)o2)c(C)o1. The molecule has 7 nitrogen and oxygen atoms in total. The zero-order valence-electron chi connectivity index (χ0n) is 14.7. The van der Waals surface area contributed by atoms with Gasteiger partial charge < -0.3 is 18.6 Å². The number of nitrogens with zero attached hydrogens (tertiary/aromatic N) is 4. The topological polar surface area (TPSA) is 75.6 Å². The van der Waals surface area contributed by atoms with Gasteiger partial charge in [-0.15, -0.1) is 10.2 Å². The lowest BCUT2D eigenvalue weighted by Gasteiger charge is -2.24. The molecule has 130 valence electrons. The summed E-state index contributed by atoms with van der Waals surface area (Å²) >= 11 is 0. The summed E-state index contributed by atoms with van der Waals surface area (Å²) in [6.45, 7) is 5.72. The highest BCUT2D eigenvalue weighted by Gasteiger charge is 2.26. The van der Waals surface area contributed by atoms with Crippen molar-refractivity contribution in [2.45, 2.75) is 39.2 Å². The zero-order valence-corrected chi connectivity index (χ0v) is 14.7. The minimum Gasteiger partial charge on any atom is -0.466 e. The van der Waals surface area contributed by atoms with Gasteiger partial charge in [0.2, 0.25) is 11.8 Å². The fourth-order valence-electron chi connectivity index (χ4n) is 3.13. The Morgan fingerprint density at radius 1 is 1.38 bits per heavy atom. The number of furan rings is 1. The highest BCUT2D eigenvalue weighted by atomic mass is 16.4. The smallest absolute Gasteiger partial charge is 0.251 e. The van der Waals surface area contributed by atoms with Crippen molar-refractivity contribution in [3.8, 4) is 11.5 Å². The van der Waals surface area contributed by atoms with Crippen molar-refractivity contribution in [2.75, 3.05) is 27.2 Å². The van der Waals surface area contributed by atoms with Gasteiger partial charge in [-0.25, -0.2) is 0 Å². The molecule has 3 rings (SSSR count). The minimum absolute atomic E-state index is 0.116. The average Bonchev–Trinajstić information content (AvgIpc) is 3.24. The number of rotatable bonds is 5. The third-order valence-corrected chi connectivity index (χ3v) is 4.60. The Morgan fingerprint density at radius 2 is 2.17 bits per heavy atom. The van der Waals surface area contributed by atoms with Gasteiger partial charge in [-0.2, -0.15) is 0 Å². The minimum atomic E-state index is 0.116. The number of likely N-dealkylation sites (N-methyl/N-ethyl adjacent to an activating group) is 2. The highest BCUT2D eigenvalue weighted by molar-refractivity contribution is 5.76. The van der Waals surface area contributed by atoms with E-state index in [0.29, 0.717) is 30.7 Å². The molecule has 3 heterocycles. The lowest BCUT2D eigenvalue weighted by molar-refractivity contribution is -0.131. The third kappa shape index (κ3) is 3.51. The Kier molecular flexibility index (Phi) is 4.71. The Bertz CT molecular complexity index is 721. The van der Waals surface area contributed by atoms with Crippen molar-refractivity contribution in [2.24, 2.45) is 0 Å². The molecule has 2 aromatic rings. The van der Waals surface area contributed by atoms with Crippen LogP contribution in [0.2, 0.25) is 0 Å². The molecule has 1 unspecified atom stereocenters. The molecule has 7 heteroatoms. The third-order valence-electron chi connectivity index (χ3n) is 4.60. The van der Waals surface area contributed by atoms with Gasteiger partial charge in [0.25, 0.3) is 5.89 Å². The molecule has 0 aromatic carbocycles. The van der Waals surface area contributed by atoms with Crippen LogP contribution in [0.15, 0.2) is 14.9 Å². The predicted molar refractivity (Wildman–Crippen MR) is 88.5 cm³/mol. The molecule has 1 aliphatic heterocycles. The summed E-state index contributed by atoms with van der Waals surface area (Å²) in [5.41, 5.74) is 0.809. The fraction of sp³-hybridized carbons (Fsp3) is 0.588. The van der Waals surface area contributed by atoms with Crippen LogP contribution in [-0.4, -0.2) is 59.1 Å². The first-order chi connectivity index (χ1) is 11.4.